The number of aliphatic hydroxyl groups is 1. The van der Waals surface area contributed by atoms with Gasteiger partial charge in [-0.15, -0.1) is 0 Å². The van der Waals surface area contributed by atoms with Crippen LogP contribution in [0, 0.1) is 11.8 Å². The van der Waals surface area contributed by atoms with E-state index in [1.54, 1.807) is 27.7 Å². The van der Waals surface area contributed by atoms with Crippen LogP contribution in [-0.2, 0) is 33.3 Å². The Morgan fingerprint density at radius 2 is 1.46 bits per heavy atom. The first-order chi connectivity index (χ1) is 12.1. The molecule has 0 bridgehead atoms. The first-order valence-corrected chi connectivity index (χ1v) is 9.19. The normalized spacial score (nSPS) is 53.8. The maximum Gasteiger partial charge on any atom is 0.170 e. The van der Waals surface area contributed by atoms with E-state index >= 15 is 0 Å². The summed E-state index contributed by atoms with van der Waals surface area (Å²) in [6.45, 7) is 6.93. The van der Waals surface area contributed by atoms with Crippen molar-refractivity contribution in [3.05, 3.63) is 0 Å². The van der Waals surface area contributed by atoms with Crippen molar-refractivity contribution in [2.45, 2.75) is 88.4 Å². The number of fused-ring (bicyclic) bond motifs is 6. The van der Waals surface area contributed by atoms with E-state index in [2.05, 4.69) is 0 Å². The molecule has 5 rings (SSSR count). The molecule has 3 aliphatic heterocycles. The summed E-state index contributed by atoms with van der Waals surface area (Å²) in [7, 11) is 0. The van der Waals surface area contributed by atoms with Gasteiger partial charge in [0.2, 0.25) is 0 Å². The van der Waals surface area contributed by atoms with Gasteiger partial charge < -0.3 is 28.8 Å². The number of rotatable bonds is 0. The number of aliphatic hydroxyl groups excluding tert-OH is 1. The van der Waals surface area contributed by atoms with E-state index in [0.717, 1.165) is 0 Å². The van der Waals surface area contributed by atoms with Crippen LogP contribution < -0.4 is 0 Å². The van der Waals surface area contributed by atoms with Crippen LogP contribution in [0.1, 0.15) is 34.1 Å². The Labute approximate surface area is 151 Å². The third-order valence-electron chi connectivity index (χ3n) is 6.17. The van der Waals surface area contributed by atoms with Crippen molar-refractivity contribution in [3.8, 4) is 0 Å². The number of hydrogen-bond acceptors (Lipinski definition) is 8. The van der Waals surface area contributed by atoms with Gasteiger partial charge in [-0.05, 0) is 27.7 Å². The van der Waals surface area contributed by atoms with Crippen molar-refractivity contribution >= 4 is 11.6 Å². The van der Waals surface area contributed by atoms with Crippen LogP contribution in [0.4, 0.5) is 0 Å². The molecule has 1 N–H and O–H groups in total. The summed E-state index contributed by atoms with van der Waals surface area (Å²) < 4.78 is 29.3. The third kappa shape index (κ3) is 2.23. The molecule has 5 fully saturated rings. The lowest BCUT2D eigenvalue weighted by Crippen LogP contribution is -2.58. The van der Waals surface area contributed by atoms with Crippen molar-refractivity contribution in [2.24, 2.45) is 11.8 Å². The van der Waals surface area contributed by atoms with Crippen LogP contribution in [0.5, 0.6) is 0 Å². The largest absolute Gasteiger partial charge is 0.388 e. The van der Waals surface area contributed by atoms with Crippen molar-refractivity contribution in [1.29, 1.82) is 0 Å². The van der Waals surface area contributed by atoms with Crippen LogP contribution >= 0.6 is 0 Å². The predicted molar refractivity (Wildman–Crippen MR) is 83.9 cm³/mol. The molecule has 0 spiro atoms. The van der Waals surface area contributed by atoms with Crippen molar-refractivity contribution in [1.82, 2.24) is 0 Å². The zero-order valence-electron chi connectivity index (χ0n) is 15.2. The molecule has 0 radical (unpaired) electrons. The molecule has 0 aromatic heterocycles. The summed E-state index contributed by atoms with van der Waals surface area (Å²) in [4.78, 5) is 25.7. The van der Waals surface area contributed by atoms with Crippen molar-refractivity contribution in [2.75, 3.05) is 0 Å². The minimum Gasteiger partial charge on any atom is -0.388 e. The zero-order chi connectivity index (χ0) is 18.6. The fourth-order valence-electron chi connectivity index (χ4n) is 5.31. The molecular weight excluding hydrogens is 344 g/mol. The zero-order valence-corrected chi connectivity index (χ0v) is 15.2. The van der Waals surface area contributed by atoms with E-state index in [4.69, 9.17) is 23.7 Å². The van der Waals surface area contributed by atoms with Gasteiger partial charge in [-0.3, -0.25) is 9.59 Å². The summed E-state index contributed by atoms with van der Waals surface area (Å²) in [5.74, 6) is -3.02. The molecule has 0 aromatic rings. The molecule has 144 valence electrons. The Balaban J connectivity index is 1.48. The molecular formula is C18H24O8. The van der Waals surface area contributed by atoms with Gasteiger partial charge in [0, 0.05) is 12.3 Å². The lowest BCUT2D eigenvalue weighted by atomic mass is 9.69. The quantitative estimate of drug-likeness (QED) is 0.635. The first-order valence-electron chi connectivity index (χ1n) is 9.19. The smallest absolute Gasteiger partial charge is 0.170 e. The third-order valence-corrected chi connectivity index (χ3v) is 6.17. The van der Waals surface area contributed by atoms with Gasteiger partial charge in [0.1, 0.15) is 30.5 Å². The summed E-state index contributed by atoms with van der Waals surface area (Å²) in [6.07, 6.45) is -4.89. The highest BCUT2D eigenvalue weighted by atomic mass is 16.8. The monoisotopic (exact) mass is 368 g/mol. The molecule has 3 heterocycles. The minimum absolute atomic E-state index is 0.0839. The highest BCUT2D eigenvalue weighted by Crippen LogP contribution is 2.51. The Bertz CT molecular complexity index is 672. The van der Waals surface area contributed by atoms with Gasteiger partial charge >= 0.3 is 0 Å². The number of ether oxygens (including phenoxy) is 5. The molecule has 0 aromatic carbocycles. The Kier molecular flexibility index (Phi) is 3.39. The molecule has 8 heteroatoms. The summed E-state index contributed by atoms with van der Waals surface area (Å²) in [5.41, 5.74) is 0. The van der Waals surface area contributed by atoms with Crippen LogP contribution in [-0.4, -0.2) is 71.0 Å². The number of carbonyl (C=O) groups excluding carboxylic acids is 2. The number of hydrogen-bond donors (Lipinski definition) is 1. The fourth-order valence-corrected chi connectivity index (χ4v) is 5.31. The van der Waals surface area contributed by atoms with E-state index in [1.807, 2.05) is 0 Å². The molecule has 5 aliphatic rings. The van der Waals surface area contributed by atoms with E-state index in [-0.39, 0.29) is 23.9 Å². The van der Waals surface area contributed by atoms with E-state index in [0.29, 0.717) is 0 Å². The molecule has 3 saturated heterocycles. The lowest BCUT2D eigenvalue weighted by molar-refractivity contribution is -0.178. The second-order valence-corrected chi connectivity index (χ2v) is 8.86. The topological polar surface area (TPSA) is 101 Å². The second-order valence-electron chi connectivity index (χ2n) is 8.86. The van der Waals surface area contributed by atoms with Gasteiger partial charge in [0.15, 0.2) is 23.1 Å². The second kappa shape index (κ2) is 5.12. The average molecular weight is 368 g/mol. The maximum atomic E-state index is 13.1. The Morgan fingerprint density at radius 3 is 2.15 bits per heavy atom. The standard InChI is InChI=1S/C18H24O8/c1-17(2)23-12-7(19)5-6-8-9(20)14-15(25-18(3,4)24-14)10(21)13(8)22-11(6)16(12)26-17/h6,8,10-16,21H,5H2,1-4H3/t6-,8+,10+,11+,12+,13+,14+,15-,16-/m1/s1. The maximum absolute atomic E-state index is 13.1. The van der Waals surface area contributed by atoms with Gasteiger partial charge in [0.25, 0.3) is 0 Å². The highest BCUT2D eigenvalue weighted by molar-refractivity contribution is 5.91. The molecule has 2 saturated carbocycles. The first kappa shape index (κ1) is 17.2. The van der Waals surface area contributed by atoms with Gasteiger partial charge in [-0.1, -0.05) is 0 Å². The molecule has 8 nitrogen and oxygen atoms in total. The van der Waals surface area contributed by atoms with Crippen molar-refractivity contribution < 1.29 is 38.4 Å². The van der Waals surface area contributed by atoms with E-state index < -0.39 is 60.2 Å². The number of Topliss-reactive ketones (excluding diaryl/α,β-unsaturated/α-hetero) is 2. The van der Waals surface area contributed by atoms with Crippen molar-refractivity contribution in [3.63, 3.8) is 0 Å². The van der Waals surface area contributed by atoms with Gasteiger partial charge in [0.05, 0.1) is 18.1 Å². The van der Waals surface area contributed by atoms with Crippen LogP contribution in [0.25, 0.3) is 0 Å². The summed E-state index contributed by atoms with van der Waals surface area (Å²) in [6, 6.07) is 0. The van der Waals surface area contributed by atoms with Gasteiger partial charge in [-0.25, -0.2) is 0 Å². The van der Waals surface area contributed by atoms with Crippen LogP contribution in [0.2, 0.25) is 0 Å². The van der Waals surface area contributed by atoms with Gasteiger partial charge in [-0.2, -0.15) is 0 Å². The minimum atomic E-state index is -1.00. The Morgan fingerprint density at radius 1 is 0.846 bits per heavy atom. The molecule has 0 amide bonds. The van der Waals surface area contributed by atoms with Crippen LogP contribution in [0.3, 0.4) is 0 Å². The number of carbonyl (C=O) groups is 2. The predicted octanol–water partition coefficient (Wildman–Crippen LogP) is -0.0572. The van der Waals surface area contributed by atoms with E-state index in [9.17, 15) is 14.7 Å². The lowest BCUT2D eigenvalue weighted by Gasteiger charge is -2.36. The molecule has 0 unspecified atom stereocenters. The fraction of sp³-hybridized carbons (Fsp3) is 0.889. The molecule has 2 aliphatic carbocycles. The average Bonchev–Trinajstić information content (AvgIpc) is 3.16. The Hall–Kier alpha value is -0.900. The molecule has 26 heavy (non-hydrogen) atoms. The number of ketones is 2. The van der Waals surface area contributed by atoms with E-state index in [1.165, 1.54) is 0 Å². The van der Waals surface area contributed by atoms with Crippen LogP contribution in [0.15, 0.2) is 0 Å². The molecule has 9 atom stereocenters. The summed E-state index contributed by atoms with van der Waals surface area (Å²) in [5, 5.41) is 10.8. The summed E-state index contributed by atoms with van der Waals surface area (Å²) >= 11 is 0. The highest BCUT2D eigenvalue weighted by Gasteiger charge is 2.68. The SMILES string of the molecule is CC1(C)O[C@@H]2[C@@H](O)[C@H]3O[C@H]4[C@H](CC(=O)[C@@H]5OC(C)(C)O[C@H]45)[C@H]3C(=O)[C@@H]2O1.